The van der Waals surface area contributed by atoms with Crippen LogP contribution >= 0.6 is 11.6 Å². The first-order valence-corrected chi connectivity index (χ1v) is 8.00. The molecule has 7 nitrogen and oxygen atoms in total. The highest BCUT2D eigenvalue weighted by Crippen LogP contribution is 2.39. The lowest BCUT2D eigenvalue weighted by Gasteiger charge is -2.15. The van der Waals surface area contributed by atoms with Crippen molar-refractivity contribution in [3.8, 4) is 17.2 Å². The van der Waals surface area contributed by atoms with Gasteiger partial charge in [-0.15, -0.1) is 0 Å². The molecule has 2 rings (SSSR count). The molecular formula is C18H17ClFNO6. The summed E-state index contributed by atoms with van der Waals surface area (Å²) >= 11 is 5.76. The van der Waals surface area contributed by atoms with Crippen molar-refractivity contribution in [3.05, 3.63) is 46.7 Å². The second-order valence-corrected chi connectivity index (χ2v) is 5.57. The Morgan fingerprint density at radius 1 is 1.04 bits per heavy atom. The lowest BCUT2D eigenvalue weighted by atomic mass is 10.1. The van der Waals surface area contributed by atoms with Crippen molar-refractivity contribution in [1.29, 1.82) is 0 Å². The summed E-state index contributed by atoms with van der Waals surface area (Å²) < 4.78 is 34.1. The summed E-state index contributed by atoms with van der Waals surface area (Å²) in [6.07, 6.45) is 0. The lowest BCUT2D eigenvalue weighted by Crippen LogP contribution is -2.21. The van der Waals surface area contributed by atoms with Gasteiger partial charge in [0.05, 0.1) is 27.0 Å². The van der Waals surface area contributed by atoms with E-state index in [-0.39, 0.29) is 27.8 Å². The quantitative estimate of drug-likeness (QED) is 0.722. The first-order valence-electron chi connectivity index (χ1n) is 7.62. The smallest absolute Gasteiger partial charge is 0.342 e. The van der Waals surface area contributed by atoms with Gasteiger partial charge in [-0.05, 0) is 30.3 Å². The van der Waals surface area contributed by atoms with Crippen LogP contribution in [0, 0.1) is 5.82 Å². The van der Waals surface area contributed by atoms with Gasteiger partial charge in [0.2, 0.25) is 5.75 Å². The number of anilines is 1. The summed E-state index contributed by atoms with van der Waals surface area (Å²) in [7, 11) is 4.18. The van der Waals surface area contributed by atoms with E-state index in [0.29, 0.717) is 5.75 Å². The Balaban J connectivity index is 2.09. The number of ether oxygens (including phenoxy) is 4. The van der Waals surface area contributed by atoms with E-state index in [9.17, 15) is 14.0 Å². The van der Waals surface area contributed by atoms with Gasteiger partial charge in [0, 0.05) is 5.02 Å². The minimum absolute atomic E-state index is 0.0388. The maximum Gasteiger partial charge on any atom is 0.342 e. The normalized spacial score (nSPS) is 10.1. The van der Waals surface area contributed by atoms with E-state index < -0.39 is 24.3 Å². The van der Waals surface area contributed by atoms with Crippen LogP contribution < -0.4 is 19.5 Å². The summed E-state index contributed by atoms with van der Waals surface area (Å²) in [4.78, 5) is 24.2. The van der Waals surface area contributed by atoms with Crippen LogP contribution in [0.4, 0.5) is 10.1 Å². The molecule has 2 aromatic carbocycles. The highest BCUT2D eigenvalue weighted by atomic mass is 35.5. The summed E-state index contributed by atoms with van der Waals surface area (Å²) in [5, 5.41) is 2.52. The number of methoxy groups -OCH3 is 3. The lowest BCUT2D eigenvalue weighted by molar-refractivity contribution is -0.119. The van der Waals surface area contributed by atoms with Gasteiger partial charge < -0.3 is 24.3 Å². The maximum absolute atomic E-state index is 13.6. The van der Waals surface area contributed by atoms with E-state index in [1.807, 2.05) is 0 Å². The highest BCUT2D eigenvalue weighted by molar-refractivity contribution is 6.30. The molecule has 9 heteroatoms. The van der Waals surface area contributed by atoms with Crippen molar-refractivity contribution < 1.29 is 32.9 Å². The van der Waals surface area contributed by atoms with Crippen LogP contribution in [0.2, 0.25) is 5.02 Å². The number of carbonyl (C=O) groups is 2. The molecule has 0 aliphatic heterocycles. The van der Waals surface area contributed by atoms with E-state index in [0.717, 1.165) is 6.07 Å². The maximum atomic E-state index is 13.6. The number of benzene rings is 2. The Kier molecular flexibility index (Phi) is 6.84. The van der Waals surface area contributed by atoms with E-state index in [1.54, 1.807) is 0 Å². The van der Waals surface area contributed by atoms with Crippen LogP contribution in [0.15, 0.2) is 30.3 Å². The number of hydrogen-bond donors (Lipinski definition) is 1. The Bertz CT molecular complexity index is 858. The second kappa shape index (κ2) is 9.09. The van der Waals surface area contributed by atoms with E-state index >= 15 is 0 Å². The molecule has 0 aromatic heterocycles. The molecular weight excluding hydrogens is 381 g/mol. The monoisotopic (exact) mass is 397 g/mol. The third kappa shape index (κ3) is 4.79. The third-order valence-electron chi connectivity index (χ3n) is 3.46. The van der Waals surface area contributed by atoms with Gasteiger partial charge in [0.15, 0.2) is 18.1 Å². The topological polar surface area (TPSA) is 83.1 Å². The highest BCUT2D eigenvalue weighted by Gasteiger charge is 2.22. The average molecular weight is 398 g/mol. The summed E-state index contributed by atoms with van der Waals surface area (Å²) in [6, 6.07) is 6.61. The van der Waals surface area contributed by atoms with Crippen LogP contribution in [-0.4, -0.2) is 39.8 Å². The molecule has 0 unspecified atom stereocenters. The number of rotatable bonds is 7. The van der Waals surface area contributed by atoms with Crippen LogP contribution in [0.5, 0.6) is 17.2 Å². The largest absolute Gasteiger partial charge is 0.493 e. The van der Waals surface area contributed by atoms with Crippen molar-refractivity contribution >= 4 is 29.2 Å². The molecule has 0 radical (unpaired) electrons. The Hall–Kier alpha value is -3.00. The minimum atomic E-state index is -0.825. The Morgan fingerprint density at radius 3 is 2.37 bits per heavy atom. The predicted molar refractivity (Wildman–Crippen MR) is 96.4 cm³/mol. The summed E-state index contributed by atoms with van der Waals surface area (Å²) in [5.41, 5.74) is -0.0795. The molecule has 2 aromatic rings. The molecule has 1 amide bonds. The van der Waals surface area contributed by atoms with Crippen molar-refractivity contribution in [2.24, 2.45) is 0 Å². The van der Waals surface area contributed by atoms with Gasteiger partial charge in [-0.2, -0.15) is 0 Å². The van der Waals surface area contributed by atoms with Crippen molar-refractivity contribution in [3.63, 3.8) is 0 Å². The molecule has 27 heavy (non-hydrogen) atoms. The fraction of sp³-hybridized carbons (Fsp3) is 0.222. The van der Waals surface area contributed by atoms with E-state index in [2.05, 4.69) is 5.32 Å². The molecule has 0 saturated heterocycles. The third-order valence-corrected chi connectivity index (χ3v) is 3.70. The average Bonchev–Trinajstić information content (AvgIpc) is 2.67. The van der Waals surface area contributed by atoms with Crippen LogP contribution in [0.1, 0.15) is 10.4 Å². The van der Waals surface area contributed by atoms with Crippen molar-refractivity contribution in [1.82, 2.24) is 0 Å². The number of amides is 1. The molecule has 0 aliphatic rings. The molecule has 0 fully saturated rings. The SMILES string of the molecule is COc1ccc(C(=O)OCC(=O)Nc2cc(Cl)ccc2F)c(OC)c1OC. The molecule has 0 spiro atoms. The number of hydrogen-bond acceptors (Lipinski definition) is 6. The zero-order valence-electron chi connectivity index (χ0n) is 14.8. The van der Waals surface area contributed by atoms with Crippen molar-refractivity contribution in [2.45, 2.75) is 0 Å². The van der Waals surface area contributed by atoms with Gasteiger partial charge in [-0.25, -0.2) is 9.18 Å². The van der Waals surface area contributed by atoms with Gasteiger partial charge >= 0.3 is 5.97 Å². The van der Waals surface area contributed by atoms with Gasteiger partial charge in [0.1, 0.15) is 11.4 Å². The minimum Gasteiger partial charge on any atom is -0.493 e. The van der Waals surface area contributed by atoms with Crippen LogP contribution in [-0.2, 0) is 9.53 Å². The second-order valence-electron chi connectivity index (χ2n) is 5.13. The molecule has 144 valence electrons. The van der Waals surface area contributed by atoms with Gasteiger partial charge in [0.25, 0.3) is 5.91 Å². The van der Waals surface area contributed by atoms with E-state index in [1.165, 1.54) is 45.6 Å². The molecule has 1 N–H and O–H groups in total. The molecule has 0 aliphatic carbocycles. The number of halogens is 2. The zero-order valence-corrected chi connectivity index (χ0v) is 15.6. The zero-order chi connectivity index (χ0) is 20.0. The number of esters is 1. The fourth-order valence-electron chi connectivity index (χ4n) is 2.25. The molecule has 0 atom stereocenters. The molecule has 0 bridgehead atoms. The van der Waals surface area contributed by atoms with Crippen molar-refractivity contribution in [2.75, 3.05) is 33.3 Å². The molecule has 0 heterocycles. The van der Waals surface area contributed by atoms with Crippen LogP contribution in [0.25, 0.3) is 0 Å². The van der Waals surface area contributed by atoms with Gasteiger partial charge in [-0.1, -0.05) is 11.6 Å². The Morgan fingerprint density at radius 2 is 1.74 bits per heavy atom. The predicted octanol–water partition coefficient (Wildman–Crippen LogP) is 3.30. The molecule has 0 saturated carbocycles. The summed E-state index contributed by atoms with van der Waals surface area (Å²) in [5.74, 6) is -1.55. The fourth-order valence-corrected chi connectivity index (χ4v) is 2.42. The first kappa shape index (κ1) is 20.3. The van der Waals surface area contributed by atoms with Crippen LogP contribution in [0.3, 0.4) is 0 Å². The summed E-state index contributed by atoms with van der Waals surface area (Å²) in [6.45, 7) is -0.637. The first-order chi connectivity index (χ1) is 12.9. The standard InChI is InChI=1S/C18H17ClFNO6/c1-24-14-7-5-11(16(25-2)17(14)26-3)18(23)27-9-15(22)21-13-8-10(19)4-6-12(13)20/h4-8H,9H2,1-3H3,(H,21,22). The van der Waals surface area contributed by atoms with Gasteiger partial charge in [-0.3, -0.25) is 4.79 Å². The Labute approximate surface area is 159 Å². The number of carbonyl (C=O) groups excluding carboxylic acids is 2. The van der Waals surface area contributed by atoms with E-state index in [4.69, 9.17) is 30.5 Å². The number of nitrogens with one attached hydrogen (secondary N) is 1.